The molecule has 4 heteroatoms. The third-order valence-electron chi connectivity index (χ3n) is 1.74. The molecule has 4 nitrogen and oxygen atoms in total. The minimum Gasteiger partial charge on any atom is -0.497 e. The van der Waals surface area contributed by atoms with E-state index in [9.17, 15) is 0 Å². The lowest BCUT2D eigenvalue weighted by Gasteiger charge is -2.26. The first kappa shape index (κ1) is 9.25. The quantitative estimate of drug-likeness (QED) is 0.588. The van der Waals surface area contributed by atoms with E-state index in [2.05, 4.69) is 0 Å². The molecule has 4 N–H and O–H groups in total. The van der Waals surface area contributed by atoms with Crippen molar-refractivity contribution in [2.75, 3.05) is 13.8 Å². The minimum atomic E-state index is -0.753. The second kappa shape index (κ2) is 3.71. The van der Waals surface area contributed by atoms with E-state index in [1.165, 1.54) is 0 Å². The molecule has 0 radical (unpaired) electrons. The minimum absolute atomic E-state index is 0.122. The molecule has 68 valence electrons. The van der Waals surface area contributed by atoms with E-state index in [1.54, 1.807) is 19.3 Å². The SMILES string of the molecule is COC1=CCC(N)(OCN)C=C1. The molecule has 0 heterocycles. The van der Waals surface area contributed by atoms with Crippen molar-refractivity contribution in [2.24, 2.45) is 11.5 Å². The van der Waals surface area contributed by atoms with Crippen molar-refractivity contribution in [1.29, 1.82) is 0 Å². The van der Waals surface area contributed by atoms with Gasteiger partial charge in [0.15, 0.2) is 0 Å². The summed E-state index contributed by atoms with van der Waals surface area (Å²) in [6, 6.07) is 0. The third-order valence-corrected chi connectivity index (χ3v) is 1.74. The molecule has 1 unspecified atom stereocenters. The first-order chi connectivity index (χ1) is 5.70. The summed E-state index contributed by atoms with van der Waals surface area (Å²) in [5.74, 6) is 0.802. The largest absolute Gasteiger partial charge is 0.497 e. The van der Waals surface area contributed by atoms with Gasteiger partial charge in [0, 0.05) is 6.42 Å². The van der Waals surface area contributed by atoms with Gasteiger partial charge >= 0.3 is 0 Å². The summed E-state index contributed by atoms with van der Waals surface area (Å²) in [6.07, 6.45) is 5.98. The molecule has 0 fully saturated rings. The van der Waals surface area contributed by atoms with Gasteiger partial charge in [0.05, 0.1) is 13.8 Å². The van der Waals surface area contributed by atoms with Gasteiger partial charge in [0.25, 0.3) is 0 Å². The first-order valence-corrected chi connectivity index (χ1v) is 3.76. The van der Waals surface area contributed by atoms with Crippen LogP contribution < -0.4 is 11.5 Å². The van der Waals surface area contributed by atoms with Crippen molar-refractivity contribution in [1.82, 2.24) is 0 Å². The number of nitrogens with two attached hydrogens (primary N) is 2. The predicted octanol–water partition coefficient (Wildman–Crippen LogP) is 0.0644. The Morgan fingerprint density at radius 1 is 1.67 bits per heavy atom. The molecule has 0 aromatic carbocycles. The van der Waals surface area contributed by atoms with E-state index in [-0.39, 0.29) is 6.73 Å². The number of methoxy groups -OCH3 is 1. The Kier molecular flexibility index (Phi) is 2.86. The second-order valence-corrected chi connectivity index (χ2v) is 2.61. The Labute approximate surface area is 71.8 Å². The molecule has 0 aromatic heterocycles. The molecule has 1 aliphatic carbocycles. The van der Waals surface area contributed by atoms with Crippen molar-refractivity contribution in [3.63, 3.8) is 0 Å². The number of ether oxygens (including phenoxy) is 2. The molecule has 0 amide bonds. The van der Waals surface area contributed by atoms with Gasteiger partial charge in [0.2, 0.25) is 0 Å². The van der Waals surface area contributed by atoms with Crippen molar-refractivity contribution >= 4 is 0 Å². The monoisotopic (exact) mass is 170 g/mol. The molecule has 12 heavy (non-hydrogen) atoms. The van der Waals surface area contributed by atoms with E-state index < -0.39 is 5.72 Å². The van der Waals surface area contributed by atoms with Crippen LogP contribution >= 0.6 is 0 Å². The maximum atomic E-state index is 5.80. The fraction of sp³-hybridized carbons (Fsp3) is 0.500. The molecular formula is C8H14N2O2. The molecule has 1 atom stereocenters. The fourth-order valence-corrected chi connectivity index (χ4v) is 1.03. The van der Waals surface area contributed by atoms with Crippen LogP contribution in [0.5, 0.6) is 0 Å². The summed E-state index contributed by atoms with van der Waals surface area (Å²) < 4.78 is 10.1. The summed E-state index contributed by atoms with van der Waals surface area (Å²) in [7, 11) is 1.61. The summed E-state index contributed by atoms with van der Waals surface area (Å²) in [6.45, 7) is 0.122. The molecule has 0 spiro atoms. The summed E-state index contributed by atoms with van der Waals surface area (Å²) in [5.41, 5.74) is 10.3. The zero-order valence-corrected chi connectivity index (χ0v) is 7.12. The van der Waals surface area contributed by atoms with Crippen LogP contribution in [0.15, 0.2) is 24.0 Å². The zero-order chi connectivity index (χ0) is 9.03. The summed E-state index contributed by atoms with van der Waals surface area (Å²) in [5, 5.41) is 0. The van der Waals surface area contributed by atoms with Gasteiger partial charge in [-0.1, -0.05) is 0 Å². The maximum Gasteiger partial charge on any atom is 0.141 e. The lowest BCUT2D eigenvalue weighted by molar-refractivity contribution is -0.0000417. The molecule has 1 aliphatic rings. The van der Waals surface area contributed by atoms with Crippen LogP contribution in [0, 0.1) is 0 Å². The first-order valence-electron chi connectivity index (χ1n) is 3.76. The third kappa shape index (κ3) is 2.07. The van der Waals surface area contributed by atoms with E-state index in [4.69, 9.17) is 20.9 Å². The predicted molar refractivity (Wildman–Crippen MR) is 45.9 cm³/mol. The standard InChI is InChI=1S/C8H14N2O2/c1-11-7-2-4-8(10,5-3-7)12-6-9/h2-4H,5-6,9-10H2,1H3. The number of allylic oxidation sites excluding steroid dienone is 1. The van der Waals surface area contributed by atoms with Gasteiger partial charge in [-0.2, -0.15) is 0 Å². The highest BCUT2D eigenvalue weighted by Crippen LogP contribution is 2.19. The van der Waals surface area contributed by atoms with Crippen LogP contribution in [0.4, 0.5) is 0 Å². The van der Waals surface area contributed by atoms with E-state index in [0.717, 1.165) is 5.76 Å². The average molecular weight is 170 g/mol. The van der Waals surface area contributed by atoms with Crippen molar-refractivity contribution in [2.45, 2.75) is 12.1 Å². The van der Waals surface area contributed by atoms with Gasteiger partial charge in [0.1, 0.15) is 11.5 Å². The molecule has 0 bridgehead atoms. The Hall–Kier alpha value is -0.840. The highest BCUT2D eigenvalue weighted by molar-refractivity contribution is 5.22. The lowest BCUT2D eigenvalue weighted by Crippen LogP contribution is -2.42. The Balaban J connectivity index is 2.57. The zero-order valence-electron chi connectivity index (χ0n) is 7.12. The molecule has 0 aromatic rings. The van der Waals surface area contributed by atoms with Gasteiger partial charge < -0.3 is 15.2 Å². The normalized spacial score (nSPS) is 28.4. The Morgan fingerprint density at radius 3 is 2.83 bits per heavy atom. The van der Waals surface area contributed by atoms with Crippen molar-refractivity contribution < 1.29 is 9.47 Å². The second-order valence-electron chi connectivity index (χ2n) is 2.61. The van der Waals surface area contributed by atoms with Crippen LogP contribution in [-0.4, -0.2) is 19.6 Å². The van der Waals surface area contributed by atoms with E-state index in [1.807, 2.05) is 6.08 Å². The van der Waals surface area contributed by atoms with Crippen LogP contribution in [0.3, 0.4) is 0 Å². The van der Waals surface area contributed by atoms with E-state index in [0.29, 0.717) is 6.42 Å². The topological polar surface area (TPSA) is 70.5 Å². The average Bonchev–Trinajstić information content (AvgIpc) is 2.06. The number of hydrogen-bond acceptors (Lipinski definition) is 4. The van der Waals surface area contributed by atoms with Gasteiger partial charge in [-0.3, -0.25) is 5.73 Å². The molecular weight excluding hydrogens is 156 g/mol. The molecule has 1 rings (SSSR count). The molecule has 0 saturated heterocycles. The number of rotatable bonds is 3. The van der Waals surface area contributed by atoms with Crippen molar-refractivity contribution in [3.8, 4) is 0 Å². The number of hydrogen-bond donors (Lipinski definition) is 2. The van der Waals surface area contributed by atoms with Crippen LogP contribution in [0.25, 0.3) is 0 Å². The Bertz CT molecular complexity index is 213. The highest BCUT2D eigenvalue weighted by atomic mass is 16.5. The molecule has 0 saturated carbocycles. The van der Waals surface area contributed by atoms with E-state index >= 15 is 0 Å². The van der Waals surface area contributed by atoms with Gasteiger partial charge in [-0.05, 0) is 18.2 Å². The van der Waals surface area contributed by atoms with Crippen molar-refractivity contribution in [3.05, 3.63) is 24.0 Å². The lowest BCUT2D eigenvalue weighted by atomic mass is 10.1. The van der Waals surface area contributed by atoms with Crippen LogP contribution in [-0.2, 0) is 9.47 Å². The highest BCUT2D eigenvalue weighted by Gasteiger charge is 2.23. The molecule has 0 aliphatic heterocycles. The summed E-state index contributed by atoms with van der Waals surface area (Å²) in [4.78, 5) is 0. The van der Waals surface area contributed by atoms with Gasteiger partial charge in [-0.15, -0.1) is 0 Å². The Morgan fingerprint density at radius 2 is 2.42 bits per heavy atom. The smallest absolute Gasteiger partial charge is 0.141 e. The summed E-state index contributed by atoms with van der Waals surface area (Å²) >= 11 is 0. The van der Waals surface area contributed by atoms with Crippen LogP contribution in [0.1, 0.15) is 6.42 Å². The van der Waals surface area contributed by atoms with Crippen LogP contribution in [0.2, 0.25) is 0 Å². The fourth-order valence-electron chi connectivity index (χ4n) is 1.03. The van der Waals surface area contributed by atoms with Gasteiger partial charge in [-0.25, -0.2) is 0 Å². The maximum absolute atomic E-state index is 5.80.